The maximum atomic E-state index is 12.0. The second-order valence-corrected chi connectivity index (χ2v) is 5.70. The van der Waals surface area contributed by atoms with Crippen molar-refractivity contribution in [2.45, 2.75) is 26.3 Å². The van der Waals surface area contributed by atoms with E-state index in [0.717, 1.165) is 11.1 Å². The predicted octanol–water partition coefficient (Wildman–Crippen LogP) is 3.04. The normalized spacial score (nSPS) is 10.2. The van der Waals surface area contributed by atoms with Gasteiger partial charge in [0.2, 0.25) is 5.91 Å². The smallest absolute Gasteiger partial charge is 0.335 e. The molecule has 1 amide bonds. The molecule has 2 N–H and O–H groups in total. The molecule has 0 aliphatic rings. The Balaban J connectivity index is 1.87. The maximum absolute atomic E-state index is 12.0. The van der Waals surface area contributed by atoms with Crippen LogP contribution in [0.15, 0.2) is 42.5 Å². The molecule has 0 aliphatic heterocycles. The van der Waals surface area contributed by atoms with Crippen molar-refractivity contribution in [1.29, 1.82) is 0 Å². The van der Waals surface area contributed by atoms with Crippen molar-refractivity contribution >= 4 is 11.9 Å². The quantitative estimate of drug-likeness (QED) is 0.720. The van der Waals surface area contributed by atoms with E-state index in [-0.39, 0.29) is 11.5 Å². The largest absolute Gasteiger partial charge is 0.493 e. The summed E-state index contributed by atoms with van der Waals surface area (Å²) >= 11 is 0. The van der Waals surface area contributed by atoms with Gasteiger partial charge in [-0.25, -0.2) is 4.79 Å². The van der Waals surface area contributed by atoms with Crippen LogP contribution in [-0.2, 0) is 17.8 Å². The summed E-state index contributed by atoms with van der Waals surface area (Å²) in [5, 5.41) is 11.8. The first-order chi connectivity index (χ1) is 12.5. The van der Waals surface area contributed by atoms with Crippen LogP contribution in [0, 0.1) is 0 Å². The van der Waals surface area contributed by atoms with Crippen LogP contribution in [0.1, 0.15) is 34.8 Å². The highest BCUT2D eigenvalue weighted by atomic mass is 16.5. The average Bonchev–Trinajstić information content (AvgIpc) is 2.66. The molecule has 0 bridgehead atoms. The highest BCUT2D eigenvalue weighted by Crippen LogP contribution is 2.28. The molecule has 6 heteroatoms. The number of hydrogen-bond donors (Lipinski definition) is 2. The Morgan fingerprint density at radius 1 is 1.08 bits per heavy atom. The number of ether oxygens (including phenoxy) is 2. The molecule has 138 valence electrons. The fraction of sp³-hybridized carbons (Fsp3) is 0.300. The zero-order valence-electron chi connectivity index (χ0n) is 15.0. The minimum Gasteiger partial charge on any atom is -0.493 e. The summed E-state index contributed by atoms with van der Waals surface area (Å²) in [6, 6.07) is 12.1. The van der Waals surface area contributed by atoms with Crippen molar-refractivity contribution in [2.75, 3.05) is 13.7 Å². The van der Waals surface area contributed by atoms with E-state index in [1.807, 2.05) is 25.1 Å². The van der Waals surface area contributed by atoms with Gasteiger partial charge in [-0.1, -0.05) is 18.2 Å². The van der Waals surface area contributed by atoms with E-state index in [1.54, 1.807) is 25.3 Å². The molecule has 0 aliphatic carbocycles. The van der Waals surface area contributed by atoms with Gasteiger partial charge in [0.05, 0.1) is 19.3 Å². The highest BCUT2D eigenvalue weighted by Gasteiger charge is 2.08. The Labute approximate surface area is 152 Å². The lowest BCUT2D eigenvalue weighted by molar-refractivity contribution is -0.121. The molecule has 0 unspecified atom stereocenters. The van der Waals surface area contributed by atoms with Crippen LogP contribution in [0.5, 0.6) is 11.5 Å². The van der Waals surface area contributed by atoms with Crippen molar-refractivity contribution in [3.8, 4) is 11.5 Å². The fourth-order valence-electron chi connectivity index (χ4n) is 2.50. The Kier molecular flexibility index (Phi) is 7.02. The van der Waals surface area contributed by atoms with Crippen LogP contribution in [-0.4, -0.2) is 30.7 Å². The van der Waals surface area contributed by atoms with Crippen LogP contribution in [0.3, 0.4) is 0 Å². The van der Waals surface area contributed by atoms with Crippen molar-refractivity contribution in [3.05, 3.63) is 59.2 Å². The van der Waals surface area contributed by atoms with Gasteiger partial charge in [0.1, 0.15) is 0 Å². The van der Waals surface area contributed by atoms with E-state index in [1.165, 1.54) is 6.07 Å². The predicted molar refractivity (Wildman–Crippen MR) is 97.7 cm³/mol. The lowest BCUT2D eigenvalue weighted by atomic mass is 10.1. The van der Waals surface area contributed by atoms with Crippen LogP contribution in [0.25, 0.3) is 0 Å². The number of carbonyl (C=O) groups is 2. The van der Waals surface area contributed by atoms with Crippen LogP contribution >= 0.6 is 0 Å². The number of methoxy groups -OCH3 is 1. The van der Waals surface area contributed by atoms with E-state index < -0.39 is 5.97 Å². The molecule has 0 heterocycles. The van der Waals surface area contributed by atoms with Crippen molar-refractivity contribution in [1.82, 2.24) is 5.32 Å². The van der Waals surface area contributed by atoms with Gasteiger partial charge in [0, 0.05) is 13.0 Å². The summed E-state index contributed by atoms with van der Waals surface area (Å²) in [7, 11) is 1.58. The Morgan fingerprint density at radius 2 is 1.88 bits per heavy atom. The molecule has 0 fully saturated rings. The molecule has 2 aromatic carbocycles. The van der Waals surface area contributed by atoms with Crippen LogP contribution < -0.4 is 14.8 Å². The third-order valence-corrected chi connectivity index (χ3v) is 3.83. The molecule has 26 heavy (non-hydrogen) atoms. The third kappa shape index (κ3) is 5.51. The van der Waals surface area contributed by atoms with Crippen molar-refractivity contribution < 1.29 is 24.2 Å². The van der Waals surface area contributed by atoms with Gasteiger partial charge in [-0.15, -0.1) is 0 Å². The first-order valence-electron chi connectivity index (χ1n) is 8.42. The standard InChI is InChI=1S/C20H23NO5/c1-3-26-17-9-7-14(12-18(17)25-2)8-10-19(22)21-13-15-5-4-6-16(11-15)20(23)24/h4-7,9,11-12H,3,8,10,13H2,1-2H3,(H,21,22)(H,23,24). The van der Waals surface area contributed by atoms with Gasteiger partial charge >= 0.3 is 5.97 Å². The Morgan fingerprint density at radius 3 is 2.58 bits per heavy atom. The zero-order chi connectivity index (χ0) is 18.9. The van der Waals surface area contributed by atoms with Gasteiger partial charge in [0.25, 0.3) is 0 Å². The minimum absolute atomic E-state index is 0.0985. The van der Waals surface area contributed by atoms with Gasteiger partial charge in [-0.2, -0.15) is 0 Å². The third-order valence-electron chi connectivity index (χ3n) is 3.83. The lowest BCUT2D eigenvalue weighted by Crippen LogP contribution is -2.23. The zero-order valence-corrected chi connectivity index (χ0v) is 15.0. The summed E-state index contributed by atoms with van der Waals surface area (Å²) in [6.45, 7) is 2.76. The van der Waals surface area contributed by atoms with Gasteiger partial charge in [-0.05, 0) is 48.7 Å². The van der Waals surface area contributed by atoms with Gasteiger partial charge in [-0.3, -0.25) is 4.79 Å². The maximum Gasteiger partial charge on any atom is 0.335 e. The summed E-state index contributed by atoms with van der Waals surface area (Å²) in [4.78, 5) is 23.0. The second kappa shape index (κ2) is 9.46. The molecule has 0 spiro atoms. The molecule has 0 aromatic heterocycles. The number of nitrogens with one attached hydrogen (secondary N) is 1. The molecule has 0 radical (unpaired) electrons. The SMILES string of the molecule is CCOc1ccc(CCC(=O)NCc2cccc(C(=O)O)c2)cc1OC. The topological polar surface area (TPSA) is 84.9 Å². The summed E-state index contributed by atoms with van der Waals surface area (Å²) in [5.74, 6) is 0.248. The number of benzene rings is 2. The van der Waals surface area contributed by atoms with Gasteiger partial charge < -0.3 is 19.9 Å². The lowest BCUT2D eigenvalue weighted by Gasteiger charge is -2.11. The number of aromatic carboxylic acids is 1. The molecule has 0 atom stereocenters. The van der Waals surface area contributed by atoms with Crippen molar-refractivity contribution in [2.24, 2.45) is 0 Å². The van der Waals surface area contributed by atoms with Crippen molar-refractivity contribution in [3.63, 3.8) is 0 Å². The van der Waals surface area contributed by atoms with E-state index in [2.05, 4.69) is 5.32 Å². The summed E-state index contributed by atoms with van der Waals surface area (Å²) in [5.41, 5.74) is 1.94. The fourth-order valence-corrected chi connectivity index (χ4v) is 2.50. The number of carboxylic acids is 1. The Hall–Kier alpha value is -3.02. The number of hydrogen-bond acceptors (Lipinski definition) is 4. The first-order valence-corrected chi connectivity index (χ1v) is 8.42. The van der Waals surface area contributed by atoms with E-state index >= 15 is 0 Å². The monoisotopic (exact) mass is 357 g/mol. The average molecular weight is 357 g/mol. The second-order valence-electron chi connectivity index (χ2n) is 5.70. The number of carbonyl (C=O) groups excluding carboxylic acids is 1. The van der Waals surface area contributed by atoms with E-state index in [9.17, 15) is 9.59 Å². The first kappa shape index (κ1) is 19.3. The molecule has 0 saturated carbocycles. The Bertz CT molecular complexity index is 773. The van der Waals surface area contributed by atoms with E-state index in [4.69, 9.17) is 14.6 Å². The molecule has 6 nitrogen and oxygen atoms in total. The van der Waals surface area contributed by atoms with Crippen LogP contribution in [0.2, 0.25) is 0 Å². The number of rotatable bonds is 9. The van der Waals surface area contributed by atoms with E-state index in [0.29, 0.717) is 37.5 Å². The number of carboxylic acid groups (broad SMARTS) is 1. The number of aryl methyl sites for hydroxylation is 1. The molecular weight excluding hydrogens is 334 g/mol. The van der Waals surface area contributed by atoms with Gasteiger partial charge in [0.15, 0.2) is 11.5 Å². The summed E-state index contributed by atoms with van der Waals surface area (Å²) in [6.07, 6.45) is 0.902. The highest BCUT2D eigenvalue weighted by molar-refractivity contribution is 5.87. The molecule has 2 rings (SSSR count). The minimum atomic E-state index is -0.984. The molecular formula is C20H23NO5. The molecule has 2 aromatic rings. The number of amides is 1. The van der Waals surface area contributed by atoms with Crippen LogP contribution in [0.4, 0.5) is 0 Å². The molecule has 0 saturated heterocycles. The summed E-state index contributed by atoms with van der Waals surface area (Å²) < 4.78 is 10.8.